The van der Waals surface area contributed by atoms with Crippen molar-refractivity contribution >= 4 is 36.4 Å². The van der Waals surface area contributed by atoms with E-state index in [4.69, 9.17) is 9.47 Å². The molecule has 0 radical (unpaired) electrons. The number of rotatable bonds is 12. The van der Waals surface area contributed by atoms with Crippen LogP contribution in [0.25, 0.3) is 0 Å². The van der Waals surface area contributed by atoms with Crippen LogP contribution in [0, 0.1) is 5.92 Å². The molecule has 6 rings (SSSR count). The number of carbonyl (C=O) groups is 2. The molecule has 258 valence electrons. The zero-order valence-corrected chi connectivity index (χ0v) is 29.7. The SMILES string of the molecule is COc1ccc([Si](C)(C)[C@H]2[C@H](CCn3cc(CCO)nn3)O[C@@]3(C(=O)N(Cc4ccc(NC(=O)[C@H](C)O)cc4)c4ccccc43)[C@@H]2C)cc1. The maximum absolute atomic E-state index is 14.9. The lowest BCUT2D eigenvalue weighted by Crippen LogP contribution is -2.51. The van der Waals surface area contributed by atoms with E-state index < -0.39 is 25.7 Å². The van der Waals surface area contributed by atoms with Gasteiger partial charge in [-0.3, -0.25) is 14.3 Å². The molecular weight excluding hydrogens is 639 g/mol. The number of anilines is 2. The summed E-state index contributed by atoms with van der Waals surface area (Å²) < 4.78 is 14.5. The summed E-state index contributed by atoms with van der Waals surface area (Å²) in [7, 11) is -0.639. The molecule has 0 saturated carbocycles. The van der Waals surface area contributed by atoms with Crippen molar-refractivity contribution < 1.29 is 29.3 Å². The van der Waals surface area contributed by atoms with Crippen molar-refractivity contribution in [2.75, 3.05) is 23.9 Å². The van der Waals surface area contributed by atoms with Gasteiger partial charge in [-0.1, -0.05) is 72.9 Å². The first-order valence-electron chi connectivity index (χ1n) is 16.8. The Morgan fingerprint density at radius 3 is 2.49 bits per heavy atom. The van der Waals surface area contributed by atoms with E-state index in [-0.39, 0.29) is 30.1 Å². The second-order valence-corrected chi connectivity index (χ2v) is 18.3. The first kappa shape index (κ1) is 34.5. The van der Waals surface area contributed by atoms with Crippen LogP contribution in [-0.4, -0.2) is 71.0 Å². The van der Waals surface area contributed by atoms with Crippen molar-refractivity contribution in [1.82, 2.24) is 15.0 Å². The van der Waals surface area contributed by atoms with Gasteiger partial charge >= 0.3 is 0 Å². The fourth-order valence-electron chi connectivity index (χ4n) is 7.75. The van der Waals surface area contributed by atoms with Gasteiger partial charge in [0.25, 0.3) is 11.8 Å². The van der Waals surface area contributed by atoms with E-state index in [0.717, 1.165) is 28.3 Å². The van der Waals surface area contributed by atoms with Crippen molar-refractivity contribution in [1.29, 1.82) is 0 Å². The molecule has 5 atom stereocenters. The highest BCUT2D eigenvalue weighted by Crippen LogP contribution is 2.60. The van der Waals surface area contributed by atoms with Crippen LogP contribution in [0.4, 0.5) is 11.4 Å². The molecular formula is C37H45N5O6Si. The summed E-state index contributed by atoms with van der Waals surface area (Å²) in [5, 5.41) is 31.4. The third-order valence-electron chi connectivity index (χ3n) is 10.3. The number of aromatic nitrogens is 3. The van der Waals surface area contributed by atoms with Gasteiger partial charge in [-0.15, -0.1) is 5.10 Å². The molecule has 2 amide bonds. The average Bonchev–Trinajstić information content (AvgIpc) is 3.74. The summed E-state index contributed by atoms with van der Waals surface area (Å²) in [5.41, 5.74) is 2.82. The van der Waals surface area contributed by atoms with Crippen molar-refractivity contribution in [3.63, 3.8) is 0 Å². The number of carbonyl (C=O) groups excluding carboxylic acids is 2. The second-order valence-electron chi connectivity index (χ2n) is 13.7. The van der Waals surface area contributed by atoms with E-state index in [9.17, 15) is 19.8 Å². The molecule has 0 bridgehead atoms. The normalized spacial score (nSPS) is 22.4. The highest BCUT2D eigenvalue weighted by atomic mass is 28.3. The van der Waals surface area contributed by atoms with Crippen LogP contribution in [0.15, 0.2) is 79.0 Å². The Morgan fingerprint density at radius 2 is 1.82 bits per heavy atom. The number of aliphatic hydroxyl groups is 2. The van der Waals surface area contributed by atoms with Crippen LogP contribution in [0.5, 0.6) is 5.75 Å². The molecule has 2 aliphatic heterocycles. The number of fused-ring (bicyclic) bond motifs is 2. The zero-order chi connectivity index (χ0) is 34.9. The predicted molar refractivity (Wildman–Crippen MR) is 189 cm³/mol. The third-order valence-corrected chi connectivity index (χ3v) is 14.6. The smallest absolute Gasteiger partial charge is 0.264 e. The molecule has 0 aliphatic carbocycles. The standard InChI is InChI=1S/C37H45N5O6Si/c1-24-34(49(4,5)30-16-14-29(47-3)15-17-30)33(18-20-41-23-28(19-21-43)39-40-41)48-37(24)31-8-6-7-9-32(31)42(36(37)46)22-26-10-12-27(13-11-26)38-35(45)25(2)44/h6-17,23-25,33-34,43-44H,18-22H2,1-5H3,(H,38,45)/t24-,25+,33+,34-,37+/m1/s1. The van der Waals surface area contributed by atoms with Crippen molar-refractivity contribution in [3.05, 3.63) is 95.8 Å². The number of nitrogens with zero attached hydrogens (tertiary/aromatic N) is 4. The minimum atomic E-state index is -2.30. The molecule has 0 unspecified atom stereocenters. The third kappa shape index (κ3) is 6.41. The number of para-hydroxylation sites is 1. The predicted octanol–water partition coefficient (Wildman–Crippen LogP) is 3.99. The Bertz CT molecular complexity index is 1790. The molecule has 3 N–H and O–H groups in total. The lowest BCUT2D eigenvalue weighted by molar-refractivity contribution is -0.146. The number of nitrogens with one attached hydrogen (secondary N) is 1. The first-order valence-corrected chi connectivity index (χ1v) is 19.9. The van der Waals surface area contributed by atoms with Gasteiger partial charge in [0.15, 0.2) is 5.60 Å². The Labute approximate surface area is 287 Å². The maximum Gasteiger partial charge on any atom is 0.264 e. The molecule has 11 nitrogen and oxygen atoms in total. The highest BCUT2D eigenvalue weighted by Gasteiger charge is 2.66. The first-order chi connectivity index (χ1) is 23.5. The van der Waals surface area contributed by atoms with Crippen LogP contribution in [0.2, 0.25) is 18.6 Å². The van der Waals surface area contributed by atoms with Gasteiger partial charge in [0.05, 0.1) is 39.2 Å². The monoisotopic (exact) mass is 683 g/mol. The fourth-order valence-corrected chi connectivity index (χ4v) is 11.8. The van der Waals surface area contributed by atoms with Gasteiger partial charge in [0.2, 0.25) is 0 Å². The summed E-state index contributed by atoms with van der Waals surface area (Å²) in [4.78, 5) is 28.7. The lowest BCUT2D eigenvalue weighted by Gasteiger charge is -2.37. The largest absolute Gasteiger partial charge is 0.497 e. The van der Waals surface area contributed by atoms with E-state index in [0.29, 0.717) is 31.6 Å². The number of methoxy groups -OCH3 is 1. The summed E-state index contributed by atoms with van der Waals surface area (Å²) in [6, 6.07) is 23.6. The summed E-state index contributed by atoms with van der Waals surface area (Å²) in [6.07, 6.45) is 1.59. The molecule has 49 heavy (non-hydrogen) atoms. The van der Waals surface area contributed by atoms with Crippen LogP contribution < -0.4 is 20.1 Å². The molecule has 1 saturated heterocycles. The summed E-state index contributed by atoms with van der Waals surface area (Å²) in [6.45, 7) is 9.22. The maximum atomic E-state index is 14.9. The summed E-state index contributed by atoms with van der Waals surface area (Å²) in [5.74, 6) is 0.103. The molecule has 1 spiro atoms. The fraction of sp³-hybridized carbons (Fsp3) is 0.405. The number of benzene rings is 3. The van der Waals surface area contributed by atoms with Gasteiger partial charge in [0.1, 0.15) is 11.9 Å². The van der Waals surface area contributed by atoms with E-state index in [1.807, 2.05) is 59.6 Å². The Morgan fingerprint density at radius 1 is 1.10 bits per heavy atom. The number of aryl methyl sites for hydroxylation is 1. The minimum Gasteiger partial charge on any atom is -0.497 e. The molecule has 4 aromatic rings. The van der Waals surface area contributed by atoms with Crippen LogP contribution in [-0.2, 0) is 39.4 Å². The molecule has 3 aromatic carbocycles. The van der Waals surface area contributed by atoms with E-state index in [2.05, 4.69) is 47.8 Å². The molecule has 3 heterocycles. The average molecular weight is 684 g/mol. The number of aliphatic hydroxyl groups excluding tert-OH is 2. The molecule has 1 fully saturated rings. The minimum absolute atomic E-state index is 0.00983. The number of amides is 2. The molecule has 12 heteroatoms. The molecule has 2 aliphatic rings. The Kier molecular flexibility index (Phi) is 9.76. The van der Waals surface area contributed by atoms with E-state index in [1.165, 1.54) is 12.1 Å². The van der Waals surface area contributed by atoms with Crippen LogP contribution in [0.3, 0.4) is 0 Å². The number of ether oxygens (including phenoxy) is 2. The Hall–Kier alpha value is -4.36. The zero-order valence-electron chi connectivity index (χ0n) is 28.7. The van der Waals surface area contributed by atoms with Crippen LogP contribution in [0.1, 0.15) is 37.1 Å². The van der Waals surface area contributed by atoms with Gasteiger partial charge in [-0.05, 0) is 54.8 Å². The number of hydrogen-bond donors (Lipinski definition) is 3. The van der Waals surface area contributed by atoms with E-state index in [1.54, 1.807) is 23.9 Å². The second kappa shape index (κ2) is 13.9. The highest BCUT2D eigenvalue weighted by molar-refractivity contribution is 6.91. The van der Waals surface area contributed by atoms with E-state index >= 15 is 0 Å². The van der Waals surface area contributed by atoms with Gasteiger partial charge in [0, 0.05) is 42.9 Å². The van der Waals surface area contributed by atoms with Gasteiger partial charge in [-0.25, -0.2) is 0 Å². The van der Waals surface area contributed by atoms with Crippen molar-refractivity contribution in [3.8, 4) is 5.75 Å². The van der Waals surface area contributed by atoms with Crippen molar-refractivity contribution in [2.24, 2.45) is 5.92 Å². The topological polar surface area (TPSA) is 139 Å². The quantitative estimate of drug-likeness (QED) is 0.191. The Balaban J connectivity index is 1.34. The van der Waals surface area contributed by atoms with Gasteiger partial charge in [-0.2, -0.15) is 0 Å². The lowest BCUT2D eigenvalue weighted by atomic mass is 9.82. The molecule has 1 aromatic heterocycles. The van der Waals surface area contributed by atoms with Crippen LogP contribution >= 0.6 is 0 Å². The number of hydrogen-bond acceptors (Lipinski definition) is 8. The van der Waals surface area contributed by atoms with Crippen molar-refractivity contribution in [2.45, 2.75) is 76.2 Å². The van der Waals surface area contributed by atoms with Gasteiger partial charge < -0.3 is 29.9 Å². The summed E-state index contributed by atoms with van der Waals surface area (Å²) >= 11 is 0.